The smallest absolute Gasteiger partial charge is 0.186 e. The molecule has 1 aliphatic heterocycles. The molecule has 5 atom stereocenters. The molecule has 0 bridgehead atoms. The Morgan fingerprint density at radius 3 is 1.96 bits per heavy atom. The average molecular weight is 379 g/mol. The van der Waals surface area contributed by atoms with Crippen molar-refractivity contribution in [3.63, 3.8) is 0 Å². The van der Waals surface area contributed by atoms with Crippen molar-refractivity contribution in [3.8, 4) is 0 Å². The molecular formula is C19H38O5S. The summed E-state index contributed by atoms with van der Waals surface area (Å²) < 4.78 is 29.6. The Kier molecular flexibility index (Phi) is 13.2. The number of rotatable bonds is 14. The molecule has 1 aliphatic rings. The van der Waals surface area contributed by atoms with Crippen LogP contribution in [0.1, 0.15) is 59.3 Å². The van der Waals surface area contributed by atoms with Crippen LogP contribution in [-0.2, 0) is 23.7 Å². The van der Waals surface area contributed by atoms with Gasteiger partial charge in [0.15, 0.2) is 6.29 Å². The fraction of sp³-hybridized carbons (Fsp3) is 1.00. The second kappa shape index (κ2) is 14.2. The number of hydrogen-bond donors (Lipinski definition) is 1. The summed E-state index contributed by atoms with van der Waals surface area (Å²) in [5.74, 6) is 0. The standard InChI is InChI=1S/C19H38O5S/c1-5-8-11-21-14-15-18(25)16(22-12-9-6-2)17(19(20-4)24-15)23-13-10-7-3/h15-19,25H,5-14H2,1-4H3/t15?,16?,17?,18-,19+/m1/s1. The van der Waals surface area contributed by atoms with Gasteiger partial charge in [-0.2, -0.15) is 12.6 Å². The molecule has 0 spiro atoms. The minimum atomic E-state index is -0.452. The monoisotopic (exact) mass is 378 g/mol. The summed E-state index contributed by atoms with van der Waals surface area (Å²) in [6, 6.07) is 0. The van der Waals surface area contributed by atoms with Gasteiger partial charge in [-0.3, -0.25) is 0 Å². The summed E-state index contributed by atoms with van der Waals surface area (Å²) in [4.78, 5) is 0. The number of hydrogen-bond acceptors (Lipinski definition) is 6. The molecular weight excluding hydrogens is 340 g/mol. The highest BCUT2D eigenvalue weighted by Crippen LogP contribution is 2.30. The molecule has 1 fully saturated rings. The zero-order valence-corrected chi connectivity index (χ0v) is 17.3. The van der Waals surface area contributed by atoms with Crippen molar-refractivity contribution in [3.05, 3.63) is 0 Å². The lowest BCUT2D eigenvalue weighted by Gasteiger charge is -2.44. The molecule has 0 amide bonds. The van der Waals surface area contributed by atoms with Gasteiger partial charge in [-0.1, -0.05) is 40.0 Å². The molecule has 0 radical (unpaired) electrons. The summed E-state index contributed by atoms with van der Waals surface area (Å²) in [5, 5.41) is -0.100. The molecule has 25 heavy (non-hydrogen) atoms. The fourth-order valence-corrected chi connectivity index (χ4v) is 3.17. The number of thiol groups is 1. The predicted octanol–water partition coefficient (Wildman–Crippen LogP) is 3.84. The van der Waals surface area contributed by atoms with Crippen LogP contribution in [0.15, 0.2) is 0 Å². The van der Waals surface area contributed by atoms with E-state index in [4.69, 9.17) is 36.3 Å². The highest BCUT2D eigenvalue weighted by Gasteiger charge is 2.46. The summed E-state index contributed by atoms with van der Waals surface area (Å²) in [6.07, 6.45) is 5.35. The van der Waals surface area contributed by atoms with Crippen LogP contribution in [0.4, 0.5) is 0 Å². The van der Waals surface area contributed by atoms with Crippen molar-refractivity contribution in [2.45, 2.75) is 89.1 Å². The summed E-state index contributed by atoms with van der Waals surface area (Å²) in [7, 11) is 1.65. The van der Waals surface area contributed by atoms with Crippen molar-refractivity contribution in [1.29, 1.82) is 0 Å². The number of ether oxygens (including phenoxy) is 5. The Hall–Kier alpha value is 0.150. The third-order valence-electron chi connectivity index (χ3n) is 4.39. The van der Waals surface area contributed by atoms with Crippen molar-refractivity contribution in [2.24, 2.45) is 0 Å². The van der Waals surface area contributed by atoms with Crippen LogP contribution in [0.2, 0.25) is 0 Å². The second-order valence-electron chi connectivity index (χ2n) is 6.58. The van der Waals surface area contributed by atoms with E-state index >= 15 is 0 Å². The Morgan fingerprint density at radius 1 is 0.840 bits per heavy atom. The molecule has 150 valence electrons. The molecule has 0 aromatic carbocycles. The van der Waals surface area contributed by atoms with E-state index in [2.05, 4.69) is 20.8 Å². The van der Waals surface area contributed by atoms with E-state index in [1.807, 2.05) is 0 Å². The molecule has 0 N–H and O–H groups in total. The number of methoxy groups -OCH3 is 1. The largest absolute Gasteiger partial charge is 0.379 e. The van der Waals surface area contributed by atoms with Gasteiger partial charge in [0, 0.05) is 26.9 Å². The first-order valence-electron chi connectivity index (χ1n) is 9.86. The van der Waals surface area contributed by atoms with Crippen molar-refractivity contribution in [2.75, 3.05) is 33.5 Å². The first-order valence-corrected chi connectivity index (χ1v) is 10.4. The van der Waals surface area contributed by atoms with Crippen LogP contribution >= 0.6 is 12.6 Å². The highest BCUT2D eigenvalue weighted by atomic mass is 32.1. The molecule has 0 aliphatic carbocycles. The maximum absolute atomic E-state index is 6.15. The van der Waals surface area contributed by atoms with Crippen LogP contribution in [-0.4, -0.2) is 63.4 Å². The van der Waals surface area contributed by atoms with Gasteiger partial charge in [0.05, 0.1) is 18.0 Å². The maximum atomic E-state index is 6.15. The maximum Gasteiger partial charge on any atom is 0.186 e. The molecule has 3 unspecified atom stereocenters. The van der Waals surface area contributed by atoms with E-state index in [9.17, 15) is 0 Å². The van der Waals surface area contributed by atoms with Crippen molar-refractivity contribution >= 4 is 12.6 Å². The summed E-state index contributed by atoms with van der Waals surface area (Å²) >= 11 is 4.80. The zero-order valence-electron chi connectivity index (χ0n) is 16.4. The molecule has 5 nitrogen and oxygen atoms in total. The lowest BCUT2D eigenvalue weighted by Crippen LogP contribution is -2.59. The molecule has 1 rings (SSSR count). The van der Waals surface area contributed by atoms with Gasteiger partial charge >= 0.3 is 0 Å². The molecule has 1 saturated heterocycles. The van der Waals surface area contributed by atoms with E-state index < -0.39 is 6.29 Å². The van der Waals surface area contributed by atoms with Crippen LogP contribution in [0.25, 0.3) is 0 Å². The van der Waals surface area contributed by atoms with Crippen LogP contribution < -0.4 is 0 Å². The quantitative estimate of drug-likeness (QED) is 0.367. The van der Waals surface area contributed by atoms with Crippen LogP contribution in [0, 0.1) is 0 Å². The highest BCUT2D eigenvalue weighted by molar-refractivity contribution is 7.81. The van der Waals surface area contributed by atoms with E-state index in [-0.39, 0.29) is 23.6 Å². The molecule has 0 saturated carbocycles. The molecule has 1 heterocycles. The Morgan fingerprint density at radius 2 is 1.40 bits per heavy atom. The Bertz CT molecular complexity index is 318. The van der Waals surface area contributed by atoms with E-state index in [1.54, 1.807) is 7.11 Å². The SMILES string of the molecule is CCCCOCC1O[C@H](OC)C(OCCCC)C(OCCCC)[C@@H]1S. The minimum Gasteiger partial charge on any atom is -0.379 e. The minimum absolute atomic E-state index is 0.100. The van der Waals surface area contributed by atoms with E-state index in [0.29, 0.717) is 19.8 Å². The zero-order chi connectivity index (χ0) is 18.5. The molecule has 0 aromatic heterocycles. The third kappa shape index (κ3) is 8.14. The lowest BCUT2D eigenvalue weighted by atomic mass is 10.0. The summed E-state index contributed by atoms with van der Waals surface area (Å²) in [6.45, 7) is 9.08. The normalized spacial score (nSPS) is 29.9. The first-order chi connectivity index (χ1) is 12.2. The van der Waals surface area contributed by atoms with Crippen LogP contribution in [0.5, 0.6) is 0 Å². The summed E-state index contributed by atoms with van der Waals surface area (Å²) in [5.41, 5.74) is 0. The second-order valence-corrected chi connectivity index (χ2v) is 7.17. The first kappa shape index (κ1) is 23.2. The predicted molar refractivity (Wildman–Crippen MR) is 103 cm³/mol. The Balaban J connectivity index is 2.70. The molecule has 6 heteroatoms. The Labute approximate surface area is 159 Å². The topological polar surface area (TPSA) is 46.2 Å². The van der Waals surface area contributed by atoms with Gasteiger partial charge in [-0.05, 0) is 19.3 Å². The molecule has 0 aromatic rings. The van der Waals surface area contributed by atoms with Gasteiger partial charge in [0.1, 0.15) is 12.2 Å². The fourth-order valence-electron chi connectivity index (χ4n) is 2.76. The lowest BCUT2D eigenvalue weighted by molar-refractivity contribution is -0.278. The third-order valence-corrected chi connectivity index (χ3v) is 5.02. The van der Waals surface area contributed by atoms with Gasteiger partial charge < -0.3 is 23.7 Å². The van der Waals surface area contributed by atoms with Crippen molar-refractivity contribution in [1.82, 2.24) is 0 Å². The van der Waals surface area contributed by atoms with Gasteiger partial charge in [0.25, 0.3) is 0 Å². The van der Waals surface area contributed by atoms with Gasteiger partial charge in [-0.15, -0.1) is 0 Å². The van der Waals surface area contributed by atoms with E-state index in [0.717, 1.165) is 45.1 Å². The van der Waals surface area contributed by atoms with E-state index in [1.165, 1.54) is 0 Å². The number of unbranched alkanes of at least 4 members (excludes halogenated alkanes) is 3. The van der Waals surface area contributed by atoms with Crippen molar-refractivity contribution < 1.29 is 23.7 Å². The van der Waals surface area contributed by atoms with Gasteiger partial charge in [-0.25, -0.2) is 0 Å². The van der Waals surface area contributed by atoms with Crippen LogP contribution in [0.3, 0.4) is 0 Å². The average Bonchev–Trinajstić information content (AvgIpc) is 2.62. The van der Waals surface area contributed by atoms with Gasteiger partial charge in [0.2, 0.25) is 0 Å².